The Morgan fingerprint density at radius 3 is 2.37 bits per heavy atom. The van der Waals surface area contributed by atoms with Crippen molar-refractivity contribution in [3.63, 3.8) is 0 Å². The van der Waals surface area contributed by atoms with E-state index in [0.717, 1.165) is 24.3 Å². The maximum Gasteiger partial charge on any atom is 0.344 e. The molecule has 30 heavy (non-hydrogen) atoms. The highest BCUT2D eigenvalue weighted by Gasteiger charge is 2.13. The number of allylic oxidation sites excluding steroid dienone is 5. The minimum atomic E-state index is -1.02. The van der Waals surface area contributed by atoms with Crippen molar-refractivity contribution in [2.24, 2.45) is 5.73 Å². The zero-order valence-corrected chi connectivity index (χ0v) is 16.9. The second-order valence-corrected chi connectivity index (χ2v) is 5.97. The lowest BCUT2D eigenvalue weighted by molar-refractivity contribution is -0.146. The molecule has 0 fully saturated rings. The molecule has 8 heteroatoms. The Labute approximate surface area is 174 Å². The second-order valence-electron chi connectivity index (χ2n) is 5.97. The van der Waals surface area contributed by atoms with Gasteiger partial charge in [-0.3, -0.25) is 0 Å². The van der Waals surface area contributed by atoms with Crippen molar-refractivity contribution in [2.45, 2.75) is 20.0 Å². The van der Waals surface area contributed by atoms with Crippen LogP contribution < -0.4 is 11.1 Å². The topological polar surface area (TPSA) is 73.6 Å². The van der Waals surface area contributed by atoms with Crippen LogP contribution in [-0.2, 0) is 14.3 Å². The molecule has 162 valence electrons. The number of esters is 1. The molecule has 1 aromatic carbocycles. The van der Waals surface area contributed by atoms with Crippen LogP contribution in [0.3, 0.4) is 0 Å². The normalized spacial score (nSPS) is 13.1. The summed E-state index contributed by atoms with van der Waals surface area (Å²) in [6, 6.07) is 2.89. The lowest BCUT2D eigenvalue weighted by Gasteiger charge is -2.20. The average Bonchev–Trinajstić information content (AvgIpc) is 2.66. The quantitative estimate of drug-likeness (QED) is 0.238. The van der Waals surface area contributed by atoms with Gasteiger partial charge >= 0.3 is 5.97 Å². The standard InChI is InChI=1S/C22H25F3N2O3/c1-5-16(8-7-14(3)23)20(9-15(4)30-13-21(28)29-6-2)27-22(26)17-10-18(24)12-19(25)11-17/h5,7-12,22,27H,3-4,6,13,26H2,1-2H3/b8-7-,16-5+,20-9-. The molecule has 0 saturated carbocycles. The first kappa shape index (κ1) is 24.8. The summed E-state index contributed by atoms with van der Waals surface area (Å²) in [5.74, 6) is -2.74. The van der Waals surface area contributed by atoms with Gasteiger partial charge in [0.2, 0.25) is 0 Å². The molecule has 1 aromatic rings. The Bertz CT molecular complexity index is 856. The monoisotopic (exact) mass is 422 g/mol. The van der Waals surface area contributed by atoms with Crippen molar-refractivity contribution in [3.8, 4) is 0 Å². The molecule has 5 nitrogen and oxygen atoms in total. The molecule has 1 unspecified atom stereocenters. The zero-order chi connectivity index (χ0) is 22.7. The van der Waals surface area contributed by atoms with E-state index in [1.54, 1.807) is 19.9 Å². The predicted octanol–water partition coefficient (Wildman–Crippen LogP) is 4.47. The number of nitrogens with two attached hydrogens (primary N) is 1. The first-order valence-corrected chi connectivity index (χ1v) is 9.02. The average molecular weight is 422 g/mol. The summed E-state index contributed by atoms with van der Waals surface area (Å²) in [5, 5.41) is 2.88. The van der Waals surface area contributed by atoms with E-state index in [4.69, 9.17) is 15.2 Å². The van der Waals surface area contributed by atoms with E-state index in [9.17, 15) is 18.0 Å². The van der Waals surface area contributed by atoms with Crippen LogP contribution in [0.25, 0.3) is 0 Å². The van der Waals surface area contributed by atoms with E-state index in [-0.39, 0.29) is 24.5 Å². The largest absolute Gasteiger partial charge is 0.482 e. The minimum absolute atomic E-state index is 0.0787. The van der Waals surface area contributed by atoms with Crippen molar-refractivity contribution in [3.05, 3.63) is 95.7 Å². The Hall–Kier alpha value is -3.26. The molecule has 0 amide bonds. The van der Waals surface area contributed by atoms with Crippen molar-refractivity contribution < 1.29 is 27.4 Å². The molecule has 3 N–H and O–H groups in total. The molecule has 0 aliphatic rings. The van der Waals surface area contributed by atoms with Crippen molar-refractivity contribution >= 4 is 5.97 Å². The summed E-state index contributed by atoms with van der Waals surface area (Å²) >= 11 is 0. The van der Waals surface area contributed by atoms with Gasteiger partial charge in [0.25, 0.3) is 0 Å². The molecule has 0 aliphatic heterocycles. The van der Waals surface area contributed by atoms with E-state index in [1.807, 2.05) is 0 Å². The molecule has 0 spiro atoms. The predicted molar refractivity (Wildman–Crippen MR) is 109 cm³/mol. The third kappa shape index (κ3) is 8.83. The molecule has 0 heterocycles. The Kier molecular flexibility index (Phi) is 10.2. The first-order valence-electron chi connectivity index (χ1n) is 9.02. The number of ether oxygens (including phenoxy) is 2. The summed E-state index contributed by atoms with van der Waals surface area (Å²) in [7, 11) is 0. The lowest BCUT2D eigenvalue weighted by Crippen LogP contribution is -2.29. The van der Waals surface area contributed by atoms with E-state index in [1.165, 1.54) is 12.2 Å². The van der Waals surface area contributed by atoms with Crippen LogP contribution in [-0.4, -0.2) is 19.2 Å². The van der Waals surface area contributed by atoms with Crippen LogP contribution in [0.5, 0.6) is 0 Å². The number of rotatable bonds is 11. The van der Waals surface area contributed by atoms with E-state index < -0.39 is 29.6 Å². The van der Waals surface area contributed by atoms with E-state index in [0.29, 0.717) is 11.3 Å². The van der Waals surface area contributed by atoms with Gasteiger partial charge in [0.15, 0.2) is 6.61 Å². The van der Waals surface area contributed by atoms with Gasteiger partial charge in [0.1, 0.15) is 29.4 Å². The molecule has 0 bridgehead atoms. The van der Waals surface area contributed by atoms with Crippen LogP contribution >= 0.6 is 0 Å². The van der Waals surface area contributed by atoms with Crippen LogP contribution in [0.1, 0.15) is 25.6 Å². The number of benzene rings is 1. The fourth-order valence-corrected chi connectivity index (χ4v) is 2.29. The Morgan fingerprint density at radius 2 is 1.83 bits per heavy atom. The zero-order valence-electron chi connectivity index (χ0n) is 16.9. The number of carbonyl (C=O) groups excluding carboxylic acids is 1. The van der Waals surface area contributed by atoms with Crippen molar-refractivity contribution in [1.29, 1.82) is 0 Å². The summed E-state index contributed by atoms with van der Waals surface area (Å²) in [4.78, 5) is 11.4. The molecule has 1 atom stereocenters. The van der Waals surface area contributed by atoms with Crippen LogP contribution in [0.4, 0.5) is 13.2 Å². The van der Waals surface area contributed by atoms with E-state index in [2.05, 4.69) is 18.5 Å². The molecular formula is C22H25F3N2O3. The summed E-state index contributed by atoms with van der Waals surface area (Å²) < 4.78 is 50.1. The van der Waals surface area contributed by atoms with Crippen LogP contribution in [0, 0.1) is 11.6 Å². The Balaban J connectivity index is 3.14. The third-order valence-electron chi connectivity index (χ3n) is 3.61. The molecule has 1 rings (SSSR count). The fourth-order valence-electron chi connectivity index (χ4n) is 2.29. The molecule has 0 radical (unpaired) electrons. The summed E-state index contributed by atoms with van der Waals surface area (Å²) in [6.07, 6.45) is 4.57. The van der Waals surface area contributed by atoms with Crippen LogP contribution in [0.15, 0.2) is 78.5 Å². The van der Waals surface area contributed by atoms with Gasteiger partial charge in [-0.1, -0.05) is 25.3 Å². The lowest BCUT2D eigenvalue weighted by atomic mass is 10.1. The highest BCUT2D eigenvalue weighted by atomic mass is 19.1. The van der Waals surface area contributed by atoms with Gasteiger partial charge in [-0.2, -0.15) is 0 Å². The van der Waals surface area contributed by atoms with Gasteiger partial charge in [-0.15, -0.1) is 0 Å². The molecule has 0 aromatic heterocycles. The molecular weight excluding hydrogens is 397 g/mol. The Morgan fingerprint density at radius 1 is 1.20 bits per heavy atom. The van der Waals surface area contributed by atoms with E-state index >= 15 is 0 Å². The highest BCUT2D eigenvalue weighted by molar-refractivity contribution is 5.70. The number of hydrogen-bond donors (Lipinski definition) is 2. The molecule has 0 saturated heterocycles. The number of halogens is 3. The number of carbonyl (C=O) groups is 1. The minimum Gasteiger partial charge on any atom is -0.482 e. The van der Waals surface area contributed by atoms with Gasteiger partial charge in [0.05, 0.1) is 6.61 Å². The van der Waals surface area contributed by atoms with Gasteiger partial charge < -0.3 is 20.5 Å². The highest BCUT2D eigenvalue weighted by Crippen LogP contribution is 2.19. The smallest absolute Gasteiger partial charge is 0.344 e. The maximum absolute atomic E-state index is 13.5. The number of hydrogen-bond acceptors (Lipinski definition) is 5. The summed E-state index contributed by atoms with van der Waals surface area (Å²) in [6.45, 7) is 10.0. The van der Waals surface area contributed by atoms with Crippen molar-refractivity contribution in [1.82, 2.24) is 5.32 Å². The van der Waals surface area contributed by atoms with Gasteiger partial charge in [-0.25, -0.2) is 18.0 Å². The summed E-state index contributed by atoms with van der Waals surface area (Å²) in [5.41, 5.74) is 6.96. The molecule has 0 aliphatic carbocycles. The van der Waals surface area contributed by atoms with Gasteiger partial charge in [-0.05, 0) is 43.2 Å². The van der Waals surface area contributed by atoms with Gasteiger partial charge in [0, 0.05) is 17.8 Å². The SMILES string of the molecule is C=C(F)\C=C/C(=C\C)C(=C/C(=C)OCC(=O)OCC)/NC(N)c1cc(F)cc(F)c1. The first-order chi connectivity index (χ1) is 14.2. The number of nitrogens with one attached hydrogen (secondary N) is 1. The second kappa shape index (κ2) is 12.3. The fraction of sp³-hybridized carbons (Fsp3) is 0.227. The van der Waals surface area contributed by atoms with Crippen molar-refractivity contribution in [2.75, 3.05) is 13.2 Å². The maximum atomic E-state index is 13.5. The third-order valence-corrected chi connectivity index (χ3v) is 3.61. The van der Waals surface area contributed by atoms with Crippen LogP contribution in [0.2, 0.25) is 0 Å².